The number of oxazole rings is 1. The number of hydrogen-bond donors (Lipinski definition) is 0. The summed E-state index contributed by atoms with van der Waals surface area (Å²) in [5.41, 5.74) is 0.170. The molecule has 0 aliphatic carbocycles. The fourth-order valence-corrected chi connectivity index (χ4v) is 2.36. The molecule has 0 N–H and O–H groups in total. The molecule has 2 heterocycles. The first-order valence-electron chi connectivity index (χ1n) is 5.55. The topological polar surface area (TPSA) is 52.3 Å². The van der Waals surface area contributed by atoms with Gasteiger partial charge in [-0.2, -0.15) is 0 Å². The van der Waals surface area contributed by atoms with Crippen LogP contribution < -0.4 is 0 Å². The maximum Gasteiger partial charge on any atom is 0.376 e. The fourth-order valence-electron chi connectivity index (χ4n) is 1.51. The molecule has 0 saturated heterocycles. The molecule has 0 atom stereocenters. The number of nitrogens with zero attached hydrogens (tertiary/aromatic N) is 1. The molecule has 2 rings (SSSR count). The van der Waals surface area contributed by atoms with Gasteiger partial charge in [-0.1, -0.05) is 0 Å². The normalized spacial score (nSPS) is 11.0. The predicted molar refractivity (Wildman–Crippen MR) is 65.5 cm³/mol. The Morgan fingerprint density at radius 3 is 2.84 bits per heavy atom. The van der Waals surface area contributed by atoms with Gasteiger partial charge in [0.1, 0.15) is 0 Å². The fraction of sp³-hybridized carbons (Fsp3) is 0.333. The lowest BCUT2D eigenvalue weighted by Crippen LogP contribution is -2.06. The maximum atomic E-state index is 12.9. The van der Waals surface area contributed by atoms with Gasteiger partial charge in [0.2, 0.25) is 11.7 Å². The third kappa shape index (κ3) is 2.65. The summed E-state index contributed by atoms with van der Waals surface area (Å²) >= 11 is 1.31. The van der Waals surface area contributed by atoms with E-state index in [1.165, 1.54) is 11.3 Å². The second kappa shape index (κ2) is 5.48. The lowest BCUT2D eigenvalue weighted by Gasteiger charge is -1.99. The number of hydrogen-bond acceptors (Lipinski definition) is 5. The Balaban J connectivity index is 2.46. The first-order chi connectivity index (χ1) is 9.04. The van der Waals surface area contributed by atoms with Gasteiger partial charge in [-0.25, -0.2) is 18.6 Å². The van der Waals surface area contributed by atoms with Crippen molar-refractivity contribution in [3.05, 3.63) is 28.5 Å². The molecule has 0 aromatic carbocycles. The number of thiophene rings is 1. The van der Waals surface area contributed by atoms with E-state index in [0.717, 1.165) is 5.56 Å². The van der Waals surface area contributed by atoms with Crippen LogP contribution in [0.25, 0.3) is 10.8 Å². The van der Waals surface area contributed by atoms with E-state index < -0.39 is 23.8 Å². The van der Waals surface area contributed by atoms with Crippen molar-refractivity contribution >= 4 is 17.3 Å². The largest absolute Gasteiger partial charge is 0.460 e. The van der Waals surface area contributed by atoms with Crippen molar-refractivity contribution in [2.75, 3.05) is 6.61 Å². The molecule has 0 fully saturated rings. The number of esters is 1. The minimum Gasteiger partial charge on any atom is -0.460 e. The number of aryl methyl sites for hydroxylation is 1. The highest BCUT2D eigenvalue weighted by Gasteiger charge is 2.28. The minimum absolute atomic E-state index is 0.0193. The lowest BCUT2D eigenvalue weighted by atomic mass is 10.3. The molecule has 0 amide bonds. The van der Waals surface area contributed by atoms with E-state index in [1.54, 1.807) is 12.3 Å². The Hall–Kier alpha value is -1.76. The van der Waals surface area contributed by atoms with Crippen molar-refractivity contribution in [1.29, 1.82) is 0 Å². The third-order valence-corrected chi connectivity index (χ3v) is 3.38. The van der Waals surface area contributed by atoms with Gasteiger partial charge in [-0.3, -0.25) is 0 Å². The number of halogens is 2. The van der Waals surface area contributed by atoms with E-state index in [4.69, 9.17) is 4.42 Å². The van der Waals surface area contributed by atoms with E-state index in [0.29, 0.717) is 4.88 Å². The van der Waals surface area contributed by atoms with Gasteiger partial charge in [0, 0.05) is 0 Å². The van der Waals surface area contributed by atoms with Gasteiger partial charge in [-0.15, -0.1) is 11.3 Å². The van der Waals surface area contributed by atoms with Crippen LogP contribution in [-0.4, -0.2) is 17.6 Å². The van der Waals surface area contributed by atoms with Gasteiger partial charge < -0.3 is 9.15 Å². The second-order valence-electron chi connectivity index (χ2n) is 3.69. The second-order valence-corrected chi connectivity index (χ2v) is 4.60. The summed E-state index contributed by atoms with van der Waals surface area (Å²) < 4.78 is 35.6. The van der Waals surface area contributed by atoms with Crippen molar-refractivity contribution in [1.82, 2.24) is 4.98 Å². The lowest BCUT2D eigenvalue weighted by molar-refractivity contribution is 0.0476. The molecule has 19 heavy (non-hydrogen) atoms. The first-order valence-corrected chi connectivity index (χ1v) is 6.43. The molecular formula is C12H11F2NO3S. The Kier molecular flexibility index (Phi) is 3.94. The van der Waals surface area contributed by atoms with Crippen LogP contribution in [0.15, 0.2) is 15.9 Å². The zero-order valence-corrected chi connectivity index (χ0v) is 11.1. The minimum atomic E-state index is -2.89. The molecule has 0 radical (unpaired) electrons. The SMILES string of the molecule is CCOC(=O)c1oc(-c2sccc2C)nc1C(F)F. The number of carbonyl (C=O) groups is 1. The van der Waals surface area contributed by atoms with Crippen LogP contribution in [0.5, 0.6) is 0 Å². The van der Waals surface area contributed by atoms with E-state index in [-0.39, 0.29) is 12.5 Å². The van der Waals surface area contributed by atoms with Crippen molar-refractivity contribution in [3.8, 4) is 10.8 Å². The van der Waals surface area contributed by atoms with E-state index in [2.05, 4.69) is 9.72 Å². The van der Waals surface area contributed by atoms with Crippen LogP contribution in [0, 0.1) is 6.92 Å². The first kappa shape index (κ1) is 13.7. The zero-order valence-electron chi connectivity index (χ0n) is 10.3. The highest BCUT2D eigenvalue weighted by Crippen LogP contribution is 2.33. The van der Waals surface area contributed by atoms with Gasteiger partial charge in [0.25, 0.3) is 6.43 Å². The molecule has 2 aromatic rings. The maximum absolute atomic E-state index is 12.9. The molecule has 0 aliphatic heterocycles. The van der Waals surface area contributed by atoms with Gasteiger partial charge in [0.15, 0.2) is 5.69 Å². The van der Waals surface area contributed by atoms with Crippen LogP contribution >= 0.6 is 11.3 Å². The van der Waals surface area contributed by atoms with E-state index in [9.17, 15) is 13.6 Å². The quantitative estimate of drug-likeness (QED) is 0.802. The molecule has 0 aliphatic rings. The van der Waals surface area contributed by atoms with Crippen LogP contribution in [0.4, 0.5) is 8.78 Å². The number of aromatic nitrogens is 1. The highest BCUT2D eigenvalue weighted by molar-refractivity contribution is 7.13. The number of alkyl halides is 2. The van der Waals surface area contributed by atoms with Gasteiger partial charge in [-0.05, 0) is 30.9 Å². The number of ether oxygens (including phenoxy) is 1. The Morgan fingerprint density at radius 1 is 1.58 bits per heavy atom. The average Bonchev–Trinajstić information content (AvgIpc) is 2.94. The smallest absolute Gasteiger partial charge is 0.376 e. The van der Waals surface area contributed by atoms with Gasteiger partial charge in [0.05, 0.1) is 11.5 Å². The number of rotatable bonds is 4. The summed E-state index contributed by atoms with van der Waals surface area (Å²) in [6, 6.07) is 1.82. The molecule has 0 spiro atoms. The van der Waals surface area contributed by atoms with Crippen molar-refractivity contribution in [2.45, 2.75) is 20.3 Å². The Bertz CT molecular complexity index is 592. The molecule has 102 valence electrons. The summed E-state index contributed by atoms with van der Waals surface area (Å²) in [5, 5.41) is 1.79. The summed E-state index contributed by atoms with van der Waals surface area (Å²) in [4.78, 5) is 15.9. The van der Waals surface area contributed by atoms with Crippen LogP contribution in [0.3, 0.4) is 0 Å². The number of carbonyl (C=O) groups excluding carboxylic acids is 1. The molecule has 7 heteroatoms. The van der Waals surface area contributed by atoms with Crippen LogP contribution in [0.1, 0.15) is 35.2 Å². The average molecular weight is 287 g/mol. The van der Waals surface area contributed by atoms with Gasteiger partial charge >= 0.3 is 5.97 Å². The molecule has 4 nitrogen and oxygen atoms in total. The molecule has 2 aromatic heterocycles. The van der Waals surface area contributed by atoms with E-state index in [1.807, 2.05) is 13.0 Å². The standard InChI is InChI=1S/C12H11F2NO3S/c1-3-17-12(16)8-7(10(13)14)15-11(18-8)9-6(2)4-5-19-9/h4-5,10H,3H2,1-2H3. The Labute approximate surface area is 112 Å². The molecule has 0 unspecified atom stereocenters. The molecular weight excluding hydrogens is 276 g/mol. The van der Waals surface area contributed by atoms with E-state index >= 15 is 0 Å². The molecule has 0 bridgehead atoms. The zero-order chi connectivity index (χ0) is 14.0. The third-order valence-electron chi connectivity index (χ3n) is 2.38. The summed E-state index contributed by atoms with van der Waals surface area (Å²) in [6.07, 6.45) is -2.89. The molecule has 0 saturated carbocycles. The predicted octanol–water partition coefficient (Wildman–Crippen LogP) is 3.83. The van der Waals surface area contributed by atoms with Crippen molar-refractivity contribution in [2.24, 2.45) is 0 Å². The monoisotopic (exact) mass is 287 g/mol. The van der Waals surface area contributed by atoms with Crippen LogP contribution in [0.2, 0.25) is 0 Å². The Morgan fingerprint density at radius 2 is 2.32 bits per heavy atom. The van der Waals surface area contributed by atoms with Crippen molar-refractivity contribution in [3.63, 3.8) is 0 Å². The summed E-state index contributed by atoms with van der Waals surface area (Å²) in [6.45, 7) is 3.47. The van der Waals surface area contributed by atoms with Crippen LogP contribution in [-0.2, 0) is 4.74 Å². The van der Waals surface area contributed by atoms with Crippen molar-refractivity contribution < 1.29 is 22.7 Å². The summed E-state index contributed by atoms with van der Waals surface area (Å²) in [5.74, 6) is -1.43. The highest BCUT2D eigenvalue weighted by atomic mass is 32.1. The summed E-state index contributed by atoms with van der Waals surface area (Å²) in [7, 11) is 0.